The number of nitrogens with zero attached hydrogens (tertiary/aromatic N) is 1. The summed E-state index contributed by atoms with van der Waals surface area (Å²) in [5, 5.41) is 9.36. The Morgan fingerprint density at radius 3 is 2.29 bits per heavy atom. The van der Waals surface area contributed by atoms with Crippen LogP contribution < -0.4 is 4.31 Å². The van der Waals surface area contributed by atoms with Gasteiger partial charge in [0.05, 0.1) is 18.4 Å². The van der Waals surface area contributed by atoms with Crippen molar-refractivity contribution in [3.63, 3.8) is 0 Å². The average Bonchev–Trinajstić information content (AvgIpc) is 2.52. The van der Waals surface area contributed by atoms with E-state index in [2.05, 4.69) is 0 Å². The van der Waals surface area contributed by atoms with Crippen molar-refractivity contribution >= 4 is 29.7 Å². The van der Waals surface area contributed by atoms with Crippen LogP contribution in [0.15, 0.2) is 59.5 Å². The normalized spacial score (nSPS) is 9.95. The van der Waals surface area contributed by atoms with Gasteiger partial charge in [0, 0.05) is 4.90 Å². The number of rotatable bonds is 4. The molecule has 0 aliphatic rings. The van der Waals surface area contributed by atoms with Crippen LogP contribution >= 0.6 is 11.9 Å². The molecule has 0 radical (unpaired) electrons. The number of carboxylic acid groups (broad SMARTS) is 1. The van der Waals surface area contributed by atoms with E-state index in [1.165, 1.54) is 7.11 Å². The summed E-state index contributed by atoms with van der Waals surface area (Å²) in [5.41, 5.74) is 0.835. The van der Waals surface area contributed by atoms with Crippen LogP contribution in [0.4, 0.5) is 10.5 Å². The lowest BCUT2D eigenvalue weighted by Gasteiger charge is -2.18. The van der Waals surface area contributed by atoms with Crippen LogP contribution in [0.3, 0.4) is 0 Å². The number of para-hydroxylation sites is 1. The molecule has 0 saturated heterocycles. The number of amides is 1. The van der Waals surface area contributed by atoms with Gasteiger partial charge >= 0.3 is 12.1 Å². The molecule has 0 bridgehead atoms. The maximum Gasteiger partial charge on any atom is 0.422 e. The Bertz CT molecular complexity index is 645. The molecule has 108 valence electrons. The van der Waals surface area contributed by atoms with Gasteiger partial charge in [0.2, 0.25) is 0 Å². The minimum atomic E-state index is -1.12. The minimum Gasteiger partial charge on any atom is -0.465 e. The molecule has 0 fully saturated rings. The van der Waals surface area contributed by atoms with Gasteiger partial charge in [-0.2, -0.15) is 0 Å². The molecular formula is C15H13NO4S. The first kappa shape index (κ1) is 14.9. The number of hydrogen-bond acceptors (Lipinski definition) is 4. The van der Waals surface area contributed by atoms with E-state index >= 15 is 0 Å². The summed E-state index contributed by atoms with van der Waals surface area (Å²) >= 11 is 0.953. The average molecular weight is 303 g/mol. The van der Waals surface area contributed by atoms with Crippen molar-refractivity contribution in [2.24, 2.45) is 0 Å². The monoisotopic (exact) mass is 303 g/mol. The molecule has 0 aliphatic carbocycles. The topological polar surface area (TPSA) is 66.8 Å². The lowest BCUT2D eigenvalue weighted by Crippen LogP contribution is -2.21. The summed E-state index contributed by atoms with van der Waals surface area (Å²) in [7, 11) is 1.29. The van der Waals surface area contributed by atoms with Gasteiger partial charge in [-0.3, -0.25) is 0 Å². The molecule has 0 atom stereocenters. The number of hydrogen-bond donors (Lipinski definition) is 1. The third-order valence-corrected chi connectivity index (χ3v) is 3.75. The lowest BCUT2D eigenvalue weighted by molar-refractivity contribution is 0.0596. The second-order valence-electron chi connectivity index (χ2n) is 3.99. The van der Waals surface area contributed by atoms with E-state index in [0.29, 0.717) is 16.1 Å². The second-order valence-corrected chi connectivity index (χ2v) is 4.98. The van der Waals surface area contributed by atoms with Crippen molar-refractivity contribution in [3.8, 4) is 0 Å². The van der Waals surface area contributed by atoms with Gasteiger partial charge in [0.15, 0.2) is 0 Å². The van der Waals surface area contributed by atoms with E-state index in [-0.39, 0.29) is 0 Å². The maximum absolute atomic E-state index is 11.7. The van der Waals surface area contributed by atoms with E-state index < -0.39 is 12.1 Å². The van der Waals surface area contributed by atoms with E-state index in [1.807, 2.05) is 0 Å². The zero-order valence-corrected chi connectivity index (χ0v) is 12.0. The van der Waals surface area contributed by atoms with Gasteiger partial charge in [-0.05, 0) is 36.2 Å². The quantitative estimate of drug-likeness (QED) is 0.689. The fraction of sp³-hybridized carbons (Fsp3) is 0.0667. The highest BCUT2D eigenvalue weighted by molar-refractivity contribution is 8.01. The molecule has 2 rings (SSSR count). The summed E-state index contributed by atoms with van der Waals surface area (Å²) < 4.78 is 5.81. The van der Waals surface area contributed by atoms with Crippen LogP contribution in [-0.2, 0) is 4.74 Å². The Hall–Kier alpha value is -2.47. The Morgan fingerprint density at radius 1 is 1.05 bits per heavy atom. The van der Waals surface area contributed by atoms with Gasteiger partial charge < -0.3 is 9.84 Å². The first-order valence-electron chi connectivity index (χ1n) is 6.07. The molecule has 1 N–H and O–H groups in total. The van der Waals surface area contributed by atoms with Crippen LogP contribution in [0.1, 0.15) is 10.4 Å². The van der Waals surface area contributed by atoms with Gasteiger partial charge in [0.25, 0.3) is 0 Å². The Labute approximate surface area is 126 Å². The molecule has 0 saturated carbocycles. The number of esters is 1. The molecular weight excluding hydrogens is 290 g/mol. The number of carbonyl (C=O) groups is 2. The highest BCUT2D eigenvalue weighted by atomic mass is 32.2. The summed E-state index contributed by atoms with van der Waals surface area (Å²) in [4.78, 5) is 23.7. The van der Waals surface area contributed by atoms with Crippen LogP contribution in [-0.4, -0.2) is 24.3 Å². The van der Waals surface area contributed by atoms with Gasteiger partial charge in [-0.1, -0.05) is 30.3 Å². The Kier molecular flexibility index (Phi) is 4.84. The van der Waals surface area contributed by atoms with Gasteiger partial charge in [-0.15, -0.1) is 0 Å². The fourth-order valence-corrected chi connectivity index (χ4v) is 2.58. The first-order chi connectivity index (χ1) is 10.1. The van der Waals surface area contributed by atoms with Crippen molar-refractivity contribution in [1.29, 1.82) is 0 Å². The largest absolute Gasteiger partial charge is 0.465 e. The molecule has 6 heteroatoms. The maximum atomic E-state index is 11.7. The molecule has 5 nitrogen and oxygen atoms in total. The van der Waals surface area contributed by atoms with Crippen molar-refractivity contribution in [2.45, 2.75) is 4.90 Å². The minimum absolute atomic E-state index is 0.326. The molecule has 0 spiro atoms. The second kappa shape index (κ2) is 6.81. The Morgan fingerprint density at radius 2 is 1.67 bits per heavy atom. The van der Waals surface area contributed by atoms with Crippen molar-refractivity contribution in [1.82, 2.24) is 0 Å². The summed E-state index contributed by atoms with van der Waals surface area (Å²) in [6.45, 7) is 0. The van der Waals surface area contributed by atoms with Gasteiger partial charge in [-0.25, -0.2) is 13.9 Å². The number of carbonyl (C=O) groups excluding carboxylic acids is 1. The van der Waals surface area contributed by atoms with E-state index in [4.69, 9.17) is 4.74 Å². The highest BCUT2D eigenvalue weighted by Gasteiger charge is 2.20. The summed E-state index contributed by atoms with van der Waals surface area (Å²) in [6, 6.07) is 15.4. The number of benzene rings is 2. The van der Waals surface area contributed by atoms with Crippen LogP contribution in [0.5, 0.6) is 0 Å². The van der Waals surface area contributed by atoms with E-state index in [0.717, 1.165) is 16.3 Å². The number of methoxy groups -OCH3 is 1. The lowest BCUT2D eigenvalue weighted by atomic mass is 10.2. The first-order valence-corrected chi connectivity index (χ1v) is 6.84. The van der Waals surface area contributed by atoms with Crippen molar-refractivity contribution in [3.05, 3.63) is 60.2 Å². The zero-order chi connectivity index (χ0) is 15.2. The van der Waals surface area contributed by atoms with Crippen molar-refractivity contribution < 1.29 is 19.4 Å². The van der Waals surface area contributed by atoms with Gasteiger partial charge in [0.1, 0.15) is 0 Å². The van der Waals surface area contributed by atoms with Crippen LogP contribution in [0.2, 0.25) is 0 Å². The summed E-state index contributed by atoms with van der Waals surface area (Å²) in [6.07, 6.45) is -1.12. The molecule has 0 aromatic heterocycles. The molecule has 0 heterocycles. The molecule has 0 unspecified atom stereocenters. The van der Waals surface area contributed by atoms with Crippen LogP contribution in [0.25, 0.3) is 0 Å². The third kappa shape index (κ3) is 3.55. The standard InChI is InChI=1S/C15H13NO4S/c1-20-14(17)12-9-5-6-10-13(12)21-16(15(18)19)11-7-3-2-4-8-11/h2-10H,1H3,(H,18,19). The SMILES string of the molecule is COC(=O)c1ccccc1SN(C(=O)O)c1ccccc1. The highest BCUT2D eigenvalue weighted by Crippen LogP contribution is 2.31. The molecule has 2 aromatic rings. The predicted molar refractivity (Wildman–Crippen MR) is 80.6 cm³/mol. The predicted octanol–water partition coefficient (Wildman–Crippen LogP) is 3.66. The van der Waals surface area contributed by atoms with Crippen LogP contribution in [0, 0.1) is 0 Å². The zero-order valence-electron chi connectivity index (χ0n) is 11.2. The molecule has 1 amide bonds. The van der Waals surface area contributed by atoms with E-state index in [1.54, 1.807) is 54.6 Å². The summed E-state index contributed by atoms with van der Waals surface area (Å²) in [5.74, 6) is -0.503. The molecule has 2 aromatic carbocycles. The molecule has 0 aliphatic heterocycles. The smallest absolute Gasteiger partial charge is 0.422 e. The number of anilines is 1. The fourth-order valence-electron chi connectivity index (χ4n) is 1.69. The van der Waals surface area contributed by atoms with E-state index in [9.17, 15) is 14.7 Å². The third-order valence-electron chi connectivity index (χ3n) is 2.65. The molecule has 21 heavy (non-hydrogen) atoms. The van der Waals surface area contributed by atoms with Crippen molar-refractivity contribution in [2.75, 3.05) is 11.4 Å². The number of ether oxygens (including phenoxy) is 1. The Balaban J connectivity index is 2.35.